The van der Waals surface area contributed by atoms with E-state index >= 15 is 0 Å². The molecule has 100 valence electrons. The van der Waals surface area contributed by atoms with E-state index in [1.807, 2.05) is 6.07 Å². The van der Waals surface area contributed by atoms with E-state index in [0.29, 0.717) is 11.1 Å². The van der Waals surface area contributed by atoms with Crippen LogP contribution >= 0.6 is 31.9 Å². The van der Waals surface area contributed by atoms with E-state index in [9.17, 15) is 13.2 Å². The molecule has 2 rings (SSSR count). The van der Waals surface area contributed by atoms with Crippen molar-refractivity contribution >= 4 is 31.9 Å². The molecule has 0 spiro atoms. The lowest BCUT2D eigenvalue weighted by Gasteiger charge is -2.11. The maximum atomic E-state index is 12.8. The Morgan fingerprint density at radius 3 is 1.84 bits per heavy atom. The van der Waals surface area contributed by atoms with Crippen LogP contribution in [0.5, 0.6) is 0 Å². The van der Waals surface area contributed by atoms with Crippen LogP contribution in [-0.4, -0.2) is 0 Å². The molecule has 0 fully saturated rings. The average molecular weight is 394 g/mol. The van der Waals surface area contributed by atoms with Crippen LogP contribution < -0.4 is 0 Å². The van der Waals surface area contributed by atoms with Crippen molar-refractivity contribution in [3.63, 3.8) is 0 Å². The lowest BCUT2D eigenvalue weighted by atomic mass is 10.00. The lowest BCUT2D eigenvalue weighted by molar-refractivity contribution is -0.137. The van der Waals surface area contributed by atoms with Gasteiger partial charge < -0.3 is 0 Å². The summed E-state index contributed by atoms with van der Waals surface area (Å²) in [5, 5.41) is 0. The van der Waals surface area contributed by atoms with Crippen molar-refractivity contribution in [2.75, 3.05) is 0 Å². The van der Waals surface area contributed by atoms with Crippen molar-refractivity contribution in [1.82, 2.24) is 0 Å². The summed E-state index contributed by atoms with van der Waals surface area (Å²) in [4.78, 5) is 0. The average Bonchev–Trinajstić information content (AvgIpc) is 2.25. The predicted molar refractivity (Wildman–Crippen MR) is 77.0 cm³/mol. The van der Waals surface area contributed by atoms with Crippen LogP contribution in [0.2, 0.25) is 0 Å². The second kappa shape index (κ2) is 5.29. The van der Waals surface area contributed by atoms with E-state index in [0.717, 1.165) is 20.6 Å². The molecule has 0 atom stereocenters. The third-order valence-electron chi connectivity index (χ3n) is 2.60. The van der Waals surface area contributed by atoms with Crippen molar-refractivity contribution < 1.29 is 13.2 Å². The van der Waals surface area contributed by atoms with E-state index in [-0.39, 0.29) is 0 Å². The molecule has 0 N–H and O–H groups in total. The van der Waals surface area contributed by atoms with Gasteiger partial charge in [0.15, 0.2) is 0 Å². The summed E-state index contributed by atoms with van der Waals surface area (Å²) in [5.74, 6) is 0. The topological polar surface area (TPSA) is 0 Å². The molecule has 0 unspecified atom stereocenters. The molecule has 19 heavy (non-hydrogen) atoms. The van der Waals surface area contributed by atoms with Gasteiger partial charge in [-0.3, -0.25) is 0 Å². The van der Waals surface area contributed by atoms with Gasteiger partial charge in [-0.25, -0.2) is 0 Å². The number of rotatable bonds is 1. The fraction of sp³-hybridized carbons (Fsp3) is 0.143. The number of halogens is 5. The molecule has 0 nitrogen and oxygen atoms in total. The van der Waals surface area contributed by atoms with E-state index in [2.05, 4.69) is 31.9 Å². The molecular formula is C14H9Br2F3. The van der Waals surface area contributed by atoms with Gasteiger partial charge in [0.2, 0.25) is 0 Å². The summed E-state index contributed by atoms with van der Waals surface area (Å²) in [6.07, 6.45) is -4.33. The van der Waals surface area contributed by atoms with Gasteiger partial charge in [0, 0.05) is 8.95 Å². The quantitative estimate of drug-likeness (QED) is 0.540. The number of alkyl halides is 3. The number of aryl methyl sites for hydroxylation is 1. The summed E-state index contributed by atoms with van der Waals surface area (Å²) in [6.45, 7) is 1.66. The highest BCUT2D eigenvalue weighted by molar-refractivity contribution is 9.11. The maximum Gasteiger partial charge on any atom is 0.416 e. The summed E-state index contributed by atoms with van der Waals surface area (Å²) in [5.41, 5.74) is 1.24. The Hall–Kier alpha value is -0.810. The summed E-state index contributed by atoms with van der Waals surface area (Å²) in [7, 11) is 0. The summed E-state index contributed by atoms with van der Waals surface area (Å²) < 4.78 is 40.0. The van der Waals surface area contributed by atoms with Crippen molar-refractivity contribution in [1.29, 1.82) is 0 Å². The molecule has 0 aromatic heterocycles. The zero-order valence-electron chi connectivity index (χ0n) is 9.85. The molecule has 0 saturated carbocycles. The van der Waals surface area contributed by atoms with Gasteiger partial charge in [-0.2, -0.15) is 13.2 Å². The highest BCUT2D eigenvalue weighted by Crippen LogP contribution is 2.34. The van der Waals surface area contributed by atoms with Gasteiger partial charge in [-0.1, -0.05) is 37.9 Å². The zero-order valence-corrected chi connectivity index (χ0v) is 13.0. The molecule has 0 aliphatic heterocycles. The normalized spacial score (nSPS) is 11.7. The lowest BCUT2D eigenvalue weighted by Crippen LogP contribution is -2.05. The van der Waals surface area contributed by atoms with Crippen molar-refractivity contribution in [2.24, 2.45) is 0 Å². The first-order valence-electron chi connectivity index (χ1n) is 5.41. The minimum atomic E-state index is -4.33. The van der Waals surface area contributed by atoms with Gasteiger partial charge in [-0.15, -0.1) is 0 Å². The first-order chi connectivity index (χ1) is 8.75. The van der Waals surface area contributed by atoms with Crippen LogP contribution in [0.1, 0.15) is 11.1 Å². The highest BCUT2D eigenvalue weighted by atomic mass is 79.9. The SMILES string of the molecule is Cc1cc(-c2cc(Br)cc(Br)c2)cc(C(F)(F)F)c1. The van der Waals surface area contributed by atoms with Gasteiger partial charge in [-0.05, 0) is 53.9 Å². The number of hydrogen-bond donors (Lipinski definition) is 0. The van der Waals surface area contributed by atoms with Gasteiger partial charge >= 0.3 is 6.18 Å². The smallest absolute Gasteiger partial charge is 0.166 e. The molecule has 2 aromatic carbocycles. The Labute approximate surface area is 125 Å². The van der Waals surface area contributed by atoms with E-state index < -0.39 is 11.7 Å². The first-order valence-corrected chi connectivity index (χ1v) is 7.00. The minimum Gasteiger partial charge on any atom is -0.166 e. The van der Waals surface area contributed by atoms with Gasteiger partial charge in [0.1, 0.15) is 0 Å². The van der Waals surface area contributed by atoms with Crippen LogP contribution in [0.4, 0.5) is 13.2 Å². The Morgan fingerprint density at radius 2 is 1.32 bits per heavy atom. The zero-order chi connectivity index (χ0) is 14.2. The third kappa shape index (κ3) is 3.60. The van der Waals surface area contributed by atoms with Crippen LogP contribution in [0.15, 0.2) is 45.3 Å². The minimum absolute atomic E-state index is 0.550. The highest BCUT2D eigenvalue weighted by Gasteiger charge is 2.30. The molecule has 5 heteroatoms. The molecular weight excluding hydrogens is 385 g/mol. The Balaban J connectivity index is 2.59. The van der Waals surface area contributed by atoms with Crippen molar-refractivity contribution in [2.45, 2.75) is 13.1 Å². The molecule has 0 radical (unpaired) electrons. The monoisotopic (exact) mass is 392 g/mol. The predicted octanol–water partition coefficient (Wildman–Crippen LogP) is 6.21. The summed E-state index contributed by atoms with van der Waals surface area (Å²) in [6, 6.07) is 9.48. The Kier molecular flexibility index (Phi) is 4.06. The largest absolute Gasteiger partial charge is 0.416 e. The van der Waals surface area contributed by atoms with E-state index in [1.165, 1.54) is 6.07 Å². The molecule has 0 aliphatic carbocycles. The molecule has 2 aromatic rings. The maximum absolute atomic E-state index is 12.8. The number of benzene rings is 2. The third-order valence-corrected chi connectivity index (χ3v) is 3.52. The van der Waals surface area contributed by atoms with Gasteiger partial charge in [0.05, 0.1) is 5.56 Å². The molecule has 0 aliphatic rings. The Morgan fingerprint density at radius 1 is 0.789 bits per heavy atom. The van der Waals surface area contributed by atoms with Crippen molar-refractivity contribution in [3.8, 4) is 11.1 Å². The van der Waals surface area contributed by atoms with E-state index in [1.54, 1.807) is 25.1 Å². The van der Waals surface area contributed by atoms with Gasteiger partial charge in [0.25, 0.3) is 0 Å². The number of hydrogen-bond acceptors (Lipinski definition) is 0. The van der Waals surface area contributed by atoms with Crippen molar-refractivity contribution in [3.05, 3.63) is 56.5 Å². The first kappa shape index (κ1) is 14.6. The van der Waals surface area contributed by atoms with Crippen LogP contribution in [0, 0.1) is 6.92 Å². The summed E-state index contributed by atoms with van der Waals surface area (Å²) >= 11 is 6.67. The van der Waals surface area contributed by atoms with Crippen LogP contribution in [0.3, 0.4) is 0 Å². The fourth-order valence-electron chi connectivity index (χ4n) is 1.83. The Bertz CT molecular complexity index is 598. The van der Waals surface area contributed by atoms with Crippen LogP contribution in [-0.2, 0) is 6.18 Å². The second-order valence-corrected chi connectivity index (χ2v) is 6.07. The fourth-order valence-corrected chi connectivity index (χ4v) is 3.13. The molecule has 0 saturated heterocycles. The van der Waals surface area contributed by atoms with E-state index in [4.69, 9.17) is 0 Å². The second-order valence-electron chi connectivity index (χ2n) is 4.24. The molecule has 0 amide bonds. The molecule has 0 heterocycles. The van der Waals surface area contributed by atoms with Crippen LogP contribution in [0.25, 0.3) is 11.1 Å². The standard InChI is InChI=1S/C14H9Br2F3/c1-8-2-9(4-11(3-8)14(17,18)19)10-5-12(15)7-13(16)6-10/h2-7H,1H3. The molecule has 0 bridgehead atoms.